The van der Waals surface area contributed by atoms with Gasteiger partial charge in [0.15, 0.2) is 0 Å². The normalized spacial score (nSPS) is 15.1. The number of anilines is 1. The van der Waals surface area contributed by atoms with Crippen LogP contribution in [0.4, 0.5) is 18.9 Å². The summed E-state index contributed by atoms with van der Waals surface area (Å²) < 4.78 is 65.7. The highest BCUT2D eigenvalue weighted by Crippen LogP contribution is 2.29. The fraction of sp³-hybridized carbons (Fsp3) is 0.300. The van der Waals surface area contributed by atoms with E-state index >= 15 is 0 Å². The number of carbonyl (C=O) groups excluding carboxylic acids is 1. The molecule has 0 saturated heterocycles. The van der Waals surface area contributed by atoms with Gasteiger partial charge in [-0.15, -0.1) is 0 Å². The lowest BCUT2D eigenvalue weighted by molar-refractivity contribution is -0.137. The first-order valence-electron chi connectivity index (χ1n) is 9.30. The van der Waals surface area contributed by atoms with E-state index in [1.165, 1.54) is 24.3 Å². The number of alkyl halides is 3. The van der Waals surface area contributed by atoms with Gasteiger partial charge in [-0.2, -0.15) is 13.2 Å². The number of carbonyl (C=O) groups is 1. The van der Waals surface area contributed by atoms with Crippen LogP contribution >= 0.6 is 0 Å². The summed E-state index contributed by atoms with van der Waals surface area (Å²) in [5.74, 6) is -0.244. The van der Waals surface area contributed by atoms with E-state index in [0.717, 1.165) is 43.5 Å². The molecule has 0 fully saturated rings. The van der Waals surface area contributed by atoms with Crippen molar-refractivity contribution in [3.05, 3.63) is 59.7 Å². The summed E-state index contributed by atoms with van der Waals surface area (Å²) >= 11 is 0. The lowest BCUT2D eigenvalue weighted by atomic mass is 10.1. The molecule has 2 N–H and O–H groups in total. The first-order chi connectivity index (χ1) is 14.1. The molecule has 3 rings (SSSR count). The monoisotopic (exact) mass is 439 g/mol. The third-order valence-corrected chi connectivity index (χ3v) is 5.88. The zero-order chi connectivity index (χ0) is 21.8. The number of rotatable bonds is 4. The Labute approximate surface area is 172 Å². The molecular weight excluding hydrogens is 419 g/mol. The Bertz CT molecular complexity index is 1050. The molecule has 0 spiro atoms. The molecule has 2 aromatic rings. The van der Waals surface area contributed by atoms with Crippen LogP contribution in [-0.4, -0.2) is 26.7 Å². The van der Waals surface area contributed by atoms with E-state index < -0.39 is 27.7 Å². The van der Waals surface area contributed by atoms with Gasteiger partial charge in [0, 0.05) is 24.2 Å². The van der Waals surface area contributed by atoms with Gasteiger partial charge in [-0.3, -0.25) is 14.5 Å². The SMILES string of the molecule is O=C(Nc1cccc(S(=O)(=O)NC2=NCCCCC2)c1)c1ccc(C(F)(F)F)cc1. The minimum atomic E-state index is -4.49. The predicted octanol–water partition coefficient (Wildman–Crippen LogP) is 4.21. The number of amides is 1. The van der Waals surface area contributed by atoms with Crippen molar-refractivity contribution in [1.29, 1.82) is 0 Å². The Hall–Kier alpha value is -2.88. The molecule has 1 amide bonds. The number of aliphatic imine (C=N–C) groups is 1. The van der Waals surface area contributed by atoms with E-state index in [1.807, 2.05) is 0 Å². The first kappa shape index (κ1) is 21.8. The highest BCUT2D eigenvalue weighted by molar-refractivity contribution is 7.90. The lowest BCUT2D eigenvalue weighted by Gasteiger charge is -2.12. The van der Waals surface area contributed by atoms with Gasteiger partial charge in [0.1, 0.15) is 5.84 Å². The van der Waals surface area contributed by atoms with E-state index in [0.29, 0.717) is 18.8 Å². The Balaban J connectivity index is 1.73. The van der Waals surface area contributed by atoms with Crippen molar-refractivity contribution < 1.29 is 26.4 Å². The van der Waals surface area contributed by atoms with Crippen LogP contribution in [0.1, 0.15) is 41.6 Å². The molecule has 6 nitrogen and oxygen atoms in total. The summed E-state index contributed by atoms with van der Waals surface area (Å²) in [5.41, 5.74) is -0.646. The largest absolute Gasteiger partial charge is 0.416 e. The minimum absolute atomic E-state index is 0.0159. The fourth-order valence-corrected chi connectivity index (χ4v) is 4.06. The van der Waals surface area contributed by atoms with Crippen LogP contribution < -0.4 is 10.0 Å². The summed E-state index contributed by atoms with van der Waals surface area (Å²) in [6, 6.07) is 9.36. The van der Waals surface area contributed by atoms with E-state index in [2.05, 4.69) is 15.0 Å². The van der Waals surface area contributed by atoms with Crippen molar-refractivity contribution in [1.82, 2.24) is 4.72 Å². The number of hydrogen-bond acceptors (Lipinski definition) is 4. The van der Waals surface area contributed by atoms with Crippen LogP contribution in [0.2, 0.25) is 0 Å². The van der Waals surface area contributed by atoms with Gasteiger partial charge in [0.05, 0.1) is 10.5 Å². The standard InChI is InChI=1S/C20H20F3N3O3S/c21-20(22,23)15-10-8-14(9-11-15)19(27)25-16-5-4-6-17(13-16)30(28,29)26-18-7-2-1-3-12-24-18/h4-6,8-11,13H,1-3,7,12H2,(H,24,26)(H,25,27). The highest BCUT2D eigenvalue weighted by Gasteiger charge is 2.30. The Morgan fingerprint density at radius 1 is 1.00 bits per heavy atom. The third kappa shape index (κ3) is 5.59. The first-order valence-corrected chi connectivity index (χ1v) is 10.8. The molecule has 10 heteroatoms. The van der Waals surface area contributed by atoms with Gasteiger partial charge in [-0.25, -0.2) is 8.42 Å². The van der Waals surface area contributed by atoms with Gasteiger partial charge < -0.3 is 5.32 Å². The van der Waals surface area contributed by atoms with E-state index in [4.69, 9.17) is 0 Å². The molecule has 0 aromatic heterocycles. The maximum Gasteiger partial charge on any atom is 0.416 e. The molecule has 0 aliphatic carbocycles. The Kier molecular flexibility index (Phi) is 6.45. The maximum atomic E-state index is 12.6. The van der Waals surface area contributed by atoms with Crippen LogP contribution in [0.3, 0.4) is 0 Å². The summed E-state index contributed by atoms with van der Waals surface area (Å²) in [5, 5.41) is 2.50. The molecule has 0 unspecified atom stereocenters. The summed E-state index contributed by atoms with van der Waals surface area (Å²) in [7, 11) is -3.88. The molecule has 30 heavy (non-hydrogen) atoms. The summed E-state index contributed by atoms with van der Waals surface area (Å²) in [6.07, 6.45) is -1.20. The zero-order valence-corrected chi connectivity index (χ0v) is 16.7. The topological polar surface area (TPSA) is 87.6 Å². The molecule has 1 heterocycles. The smallest absolute Gasteiger partial charge is 0.322 e. The Morgan fingerprint density at radius 2 is 1.73 bits per heavy atom. The van der Waals surface area contributed by atoms with Gasteiger partial charge in [0.25, 0.3) is 15.9 Å². The number of benzene rings is 2. The van der Waals surface area contributed by atoms with Gasteiger partial charge in [-0.05, 0) is 55.3 Å². The zero-order valence-electron chi connectivity index (χ0n) is 15.9. The second kappa shape index (κ2) is 8.86. The average Bonchev–Trinajstić information content (AvgIpc) is 2.96. The third-order valence-electron chi connectivity index (χ3n) is 4.50. The van der Waals surface area contributed by atoms with E-state index in [-0.39, 0.29) is 16.1 Å². The second-order valence-electron chi connectivity index (χ2n) is 6.80. The highest BCUT2D eigenvalue weighted by atomic mass is 32.2. The van der Waals surface area contributed by atoms with Gasteiger partial charge in [0.2, 0.25) is 0 Å². The molecule has 0 bridgehead atoms. The van der Waals surface area contributed by atoms with Crippen molar-refractivity contribution in [2.24, 2.45) is 4.99 Å². The number of hydrogen-bond donors (Lipinski definition) is 2. The van der Waals surface area contributed by atoms with E-state index in [9.17, 15) is 26.4 Å². The molecule has 0 saturated carbocycles. The molecule has 0 radical (unpaired) electrons. The van der Waals surface area contributed by atoms with Crippen molar-refractivity contribution >= 4 is 27.5 Å². The molecule has 1 aliphatic heterocycles. The van der Waals surface area contributed by atoms with Crippen LogP contribution in [-0.2, 0) is 16.2 Å². The minimum Gasteiger partial charge on any atom is -0.322 e. The van der Waals surface area contributed by atoms with Crippen LogP contribution in [0.25, 0.3) is 0 Å². The summed E-state index contributed by atoms with van der Waals surface area (Å²) in [6.45, 7) is 0.571. The summed E-state index contributed by atoms with van der Waals surface area (Å²) in [4.78, 5) is 16.5. The van der Waals surface area contributed by atoms with Crippen molar-refractivity contribution in [3.8, 4) is 0 Å². The number of sulfonamides is 1. The number of halogens is 3. The van der Waals surface area contributed by atoms with E-state index in [1.54, 1.807) is 0 Å². The number of amidine groups is 1. The molecular formula is C20H20F3N3O3S. The quantitative estimate of drug-likeness (QED) is 0.748. The fourth-order valence-electron chi connectivity index (χ4n) is 2.93. The number of nitrogens with zero attached hydrogens (tertiary/aromatic N) is 1. The number of nitrogens with one attached hydrogen (secondary N) is 2. The van der Waals surface area contributed by atoms with Gasteiger partial charge >= 0.3 is 6.18 Å². The van der Waals surface area contributed by atoms with Crippen LogP contribution in [0, 0.1) is 0 Å². The maximum absolute atomic E-state index is 12.6. The van der Waals surface area contributed by atoms with Crippen molar-refractivity contribution in [2.75, 3.05) is 11.9 Å². The lowest BCUT2D eigenvalue weighted by Crippen LogP contribution is -2.30. The van der Waals surface area contributed by atoms with Crippen molar-refractivity contribution in [3.63, 3.8) is 0 Å². The average molecular weight is 439 g/mol. The molecule has 1 aliphatic rings. The predicted molar refractivity (Wildman–Crippen MR) is 107 cm³/mol. The van der Waals surface area contributed by atoms with Crippen molar-refractivity contribution in [2.45, 2.75) is 36.8 Å². The van der Waals surface area contributed by atoms with Crippen LogP contribution in [0.5, 0.6) is 0 Å². The second-order valence-corrected chi connectivity index (χ2v) is 8.48. The van der Waals surface area contributed by atoms with Gasteiger partial charge in [-0.1, -0.05) is 12.5 Å². The molecule has 160 valence electrons. The Morgan fingerprint density at radius 3 is 2.43 bits per heavy atom. The molecule has 2 aromatic carbocycles. The molecule has 0 atom stereocenters. The van der Waals surface area contributed by atoms with Crippen LogP contribution in [0.15, 0.2) is 58.4 Å².